The number of ether oxygens (including phenoxy) is 2. The molecular weight excluding hydrogens is 268 g/mol. The van der Waals surface area contributed by atoms with E-state index in [1.165, 1.54) is 0 Å². The Kier molecular flexibility index (Phi) is 3.18. The van der Waals surface area contributed by atoms with Crippen LogP contribution < -0.4 is 9.47 Å². The van der Waals surface area contributed by atoms with E-state index in [4.69, 9.17) is 9.47 Å². The number of hydrogen-bond acceptors (Lipinski definition) is 4. The van der Waals surface area contributed by atoms with E-state index in [-0.39, 0.29) is 12.2 Å². The summed E-state index contributed by atoms with van der Waals surface area (Å²) >= 11 is 0. The molecule has 1 aliphatic rings. The minimum absolute atomic E-state index is 0.101. The summed E-state index contributed by atoms with van der Waals surface area (Å²) in [6, 6.07) is 12.2. The molecule has 0 bridgehead atoms. The fourth-order valence-corrected chi connectivity index (χ4v) is 2.60. The topological polar surface area (TPSA) is 55.8 Å². The Bertz CT molecular complexity index is 708. The summed E-state index contributed by atoms with van der Waals surface area (Å²) < 4.78 is 10.9. The van der Waals surface area contributed by atoms with Crippen LogP contribution in [0.5, 0.6) is 11.5 Å². The lowest BCUT2D eigenvalue weighted by Crippen LogP contribution is -2.39. The van der Waals surface area contributed by atoms with Crippen molar-refractivity contribution in [3.63, 3.8) is 0 Å². The number of Topliss-reactive ketones (excluding diaryl/α,β-unsaturated/α-hetero) is 1. The first-order chi connectivity index (χ1) is 10.0. The summed E-state index contributed by atoms with van der Waals surface area (Å²) in [6.45, 7) is 1.88. The number of aryl methyl sites for hydroxylation is 1. The van der Waals surface area contributed by atoms with Crippen LogP contribution in [-0.2, 0) is 5.79 Å². The third-order valence-electron chi connectivity index (χ3n) is 3.71. The average molecular weight is 284 g/mol. The van der Waals surface area contributed by atoms with Gasteiger partial charge in [-0.25, -0.2) is 0 Å². The average Bonchev–Trinajstić information content (AvgIpc) is 2.47. The molecule has 21 heavy (non-hydrogen) atoms. The Morgan fingerprint density at radius 2 is 2.00 bits per heavy atom. The molecule has 0 fully saturated rings. The van der Waals surface area contributed by atoms with Gasteiger partial charge in [-0.3, -0.25) is 4.79 Å². The minimum atomic E-state index is -1.64. The van der Waals surface area contributed by atoms with Crippen molar-refractivity contribution in [3.05, 3.63) is 59.2 Å². The smallest absolute Gasteiger partial charge is 0.242 e. The lowest BCUT2D eigenvalue weighted by molar-refractivity contribution is -0.147. The van der Waals surface area contributed by atoms with Crippen molar-refractivity contribution in [1.29, 1.82) is 0 Å². The Labute approximate surface area is 122 Å². The maximum atomic E-state index is 12.2. The SMILES string of the molecule is COc1ccc(C2(O)CC(=O)c3ccccc3O2)cc1C. The van der Waals surface area contributed by atoms with Gasteiger partial charge in [-0.05, 0) is 42.8 Å². The zero-order valence-electron chi connectivity index (χ0n) is 11.9. The number of ketones is 1. The molecule has 0 radical (unpaired) electrons. The minimum Gasteiger partial charge on any atom is -0.496 e. The highest BCUT2D eigenvalue weighted by Crippen LogP contribution is 2.38. The molecule has 0 spiro atoms. The van der Waals surface area contributed by atoms with Gasteiger partial charge in [0.05, 0.1) is 19.1 Å². The van der Waals surface area contributed by atoms with Gasteiger partial charge in [-0.15, -0.1) is 0 Å². The fraction of sp³-hybridized carbons (Fsp3) is 0.235. The fourth-order valence-electron chi connectivity index (χ4n) is 2.60. The van der Waals surface area contributed by atoms with Crippen molar-refractivity contribution in [1.82, 2.24) is 0 Å². The van der Waals surface area contributed by atoms with Crippen LogP contribution in [0.1, 0.15) is 27.9 Å². The van der Waals surface area contributed by atoms with Crippen LogP contribution in [0, 0.1) is 6.92 Å². The standard InChI is InChI=1S/C17H16O4/c1-11-9-12(7-8-15(11)20-2)17(19)10-14(18)13-5-3-4-6-16(13)21-17/h3-9,19H,10H2,1-2H3. The molecule has 3 rings (SSSR count). The highest BCUT2D eigenvalue weighted by atomic mass is 16.6. The van der Waals surface area contributed by atoms with E-state index in [2.05, 4.69) is 0 Å². The van der Waals surface area contributed by atoms with Crippen molar-refractivity contribution >= 4 is 5.78 Å². The molecule has 0 aromatic heterocycles. The first-order valence-electron chi connectivity index (χ1n) is 6.72. The molecule has 4 nitrogen and oxygen atoms in total. The molecule has 0 aliphatic carbocycles. The second kappa shape index (κ2) is 4.90. The van der Waals surface area contributed by atoms with Gasteiger partial charge in [0.25, 0.3) is 0 Å². The van der Waals surface area contributed by atoms with Crippen molar-refractivity contribution in [2.45, 2.75) is 19.1 Å². The Morgan fingerprint density at radius 3 is 2.71 bits per heavy atom. The van der Waals surface area contributed by atoms with Gasteiger partial charge in [-0.2, -0.15) is 0 Å². The van der Waals surface area contributed by atoms with Crippen LogP contribution >= 0.6 is 0 Å². The van der Waals surface area contributed by atoms with Gasteiger partial charge in [0.2, 0.25) is 5.79 Å². The molecule has 1 N–H and O–H groups in total. The number of hydrogen-bond donors (Lipinski definition) is 1. The molecule has 4 heteroatoms. The highest BCUT2D eigenvalue weighted by molar-refractivity contribution is 6.00. The number of para-hydroxylation sites is 1. The summed E-state index contributed by atoms with van der Waals surface area (Å²) in [5.41, 5.74) is 1.93. The van der Waals surface area contributed by atoms with E-state index >= 15 is 0 Å². The lowest BCUT2D eigenvalue weighted by atomic mass is 9.92. The van der Waals surface area contributed by atoms with Gasteiger partial charge < -0.3 is 14.6 Å². The van der Waals surface area contributed by atoms with E-state index in [0.29, 0.717) is 16.9 Å². The zero-order chi connectivity index (χ0) is 15.0. The van der Waals surface area contributed by atoms with Crippen molar-refractivity contribution in [2.24, 2.45) is 0 Å². The number of aliphatic hydroxyl groups is 1. The van der Waals surface area contributed by atoms with Crippen LogP contribution in [0.2, 0.25) is 0 Å². The second-order valence-corrected chi connectivity index (χ2v) is 5.17. The van der Waals surface area contributed by atoms with E-state index in [1.54, 1.807) is 49.6 Å². The summed E-state index contributed by atoms with van der Waals surface area (Å²) in [4.78, 5) is 12.2. The summed E-state index contributed by atoms with van der Waals surface area (Å²) in [5, 5.41) is 10.8. The van der Waals surface area contributed by atoms with Crippen LogP contribution in [-0.4, -0.2) is 18.0 Å². The van der Waals surface area contributed by atoms with Gasteiger partial charge in [-0.1, -0.05) is 12.1 Å². The maximum Gasteiger partial charge on any atom is 0.242 e. The predicted molar refractivity (Wildman–Crippen MR) is 77.6 cm³/mol. The largest absolute Gasteiger partial charge is 0.496 e. The van der Waals surface area contributed by atoms with Gasteiger partial charge >= 0.3 is 0 Å². The summed E-state index contributed by atoms with van der Waals surface area (Å²) in [5.74, 6) is -0.634. The Hall–Kier alpha value is -2.33. The number of rotatable bonds is 2. The second-order valence-electron chi connectivity index (χ2n) is 5.17. The number of carbonyl (C=O) groups is 1. The quantitative estimate of drug-likeness (QED) is 0.921. The molecule has 2 aromatic rings. The van der Waals surface area contributed by atoms with Gasteiger partial charge in [0.1, 0.15) is 11.5 Å². The molecule has 0 amide bonds. The van der Waals surface area contributed by atoms with E-state index in [0.717, 1.165) is 11.3 Å². The van der Waals surface area contributed by atoms with Crippen LogP contribution in [0.4, 0.5) is 0 Å². The highest BCUT2D eigenvalue weighted by Gasteiger charge is 2.40. The van der Waals surface area contributed by atoms with E-state index < -0.39 is 5.79 Å². The number of benzene rings is 2. The number of fused-ring (bicyclic) bond motifs is 1. The van der Waals surface area contributed by atoms with Gasteiger partial charge in [0.15, 0.2) is 5.78 Å². The monoisotopic (exact) mass is 284 g/mol. The molecule has 1 unspecified atom stereocenters. The first-order valence-corrected chi connectivity index (χ1v) is 6.72. The third-order valence-corrected chi connectivity index (χ3v) is 3.71. The summed E-state index contributed by atoms with van der Waals surface area (Å²) in [6.07, 6.45) is -0.101. The van der Waals surface area contributed by atoms with Gasteiger partial charge in [0, 0.05) is 5.56 Å². The first kappa shape index (κ1) is 13.6. The molecule has 1 atom stereocenters. The lowest BCUT2D eigenvalue weighted by Gasteiger charge is -2.33. The third kappa shape index (κ3) is 2.28. The molecule has 2 aromatic carbocycles. The maximum absolute atomic E-state index is 12.2. The Morgan fingerprint density at radius 1 is 1.24 bits per heavy atom. The van der Waals surface area contributed by atoms with Crippen molar-refractivity contribution in [3.8, 4) is 11.5 Å². The molecular formula is C17H16O4. The zero-order valence-corrected chi connectivity index (χ0v) is 11.9. The molecule has 1 aliphatic heterocycles. The molecule has 0 saturated heterocycles. The molecule has 0 saturated carbocycles. The Balaban J connectivity index is 2.03. The van der Waals surface area contributed by atoms with E-state index in [9.17, 15) is 9.90 Å². The van der Waals surface area contributed by atoms with Crippen LogP contribution in [0.15, 0.2) is 42.5 Å². The predicted octanol–water partition coefficient (Wildman–Crippen LogP) is 2.81. The van der Waals surface area contributed by atoms with Crippen LogP contribution in [0.25, 0.3) is 0 Å². The number of methoxy groups -OCH3 is 1. The normalized spacial score (nSPS) is 20.6. The van der Waals surface area contributed by atoms with Crippen molar-refractivity contribution < 1.29 is 19.4 Å². The summed E-state index contributed by atoms with van der Waals surface area (Å²) in [7, 11) is 1.59. The van der Waals surface area contributed by atoms with E-state index in [1.807, 2.05) is 6.92 Å². The van der Waals surface area contributed by atoms with Crippen LogP contribution in [0.3, 0.4) is 0 Å². The van der Waals surface area contributed by atoms with Crippen molar-refractivity contribution in [2.75, 3.05) is 7.11 Å². The number of carbonyl (C=O) groups excluding carboxylic acids is 1. The molecule has 108 valence electrons. The molecule has 1 heterocycles.